The van der Waals surface area contributed by atoms with E-state index in [1.807, 2.05) is 32.0 Å². The Hall–Kier alpha value is -3.92. The highest BCUT2D eigenvalue weighted by molar-refractivity contribution is 7.99. The minimum Gasteiger partial charge on any atom is -0.493 e. The third-order valence-electron chi connectivity index (χ3n) is 4.82. The number of methoxy groups -OCH3 is 1. The molecule has 10 heteroatoms. The summed E-state index contributed by atoms with van der Waals surface area (Å²) in [4.78, 5) is 30.7. The maximum Gasteiger partial charge on any atom is 0.272 e. The summed E-state index contributed by atoms with van der Waals surface area (Å²) in [6, 6.07) is 13.6. The number of nitrogens with zero attached hydrogens (tertiary/aromatic N) is 1. The molecule has 0 saturated heterocycles. The van der Waals surface area contributed by atoms with Crippen molar-refractivity contribution >= 4 is 23.6 Å². The third-order valence-corrected chi connectivity index (χ3v) is 5.83. The molecule has 0 radical (unpaired) electrons. The molecule has 0 fully saturated rings. The van der Waals surface area contributed by atoms with Gasteiger partial charge in [-0.2, -0.15) is 0 Å². The van der Waals surface area contributed by atoms with Crippen LogP contribution in [0.25, 0.3) is 0 Å². The van der Waals surface area contributed by atoms with Crippen LogP contribution in [0.15, 0.2) is 64.6 Å². The molecule has 0 unspecified atom stereocenters. The van der Waals surface area contributed by atoms with Gasteiger partial charge in [-0.3, -0.25) is 20.4 Å². The highest BCUT2D eigenvalue weighted by Gasteiger charge is 2.18. The van der Waals surface area contributed by atoms with E-state index in [0.29, 0.717) is 52.4 Å². The van der Waals surface area contributed by atoms with E-state index < -0.39 is 11.8 Å². The molecule has 2 heterocycles. The average molecular weight is 496 g/mol. The molecule has 0 atom stereocenters. The molecule has 1 aliphatic rings. The predicted molar refractivity (Wildman–Crippen MR) is 129 cm³/mol. The summed E-state index contributed by atoms with van der Waals surface area (Å²) in [5.41, 5.74) is 5.49. The first kappa shape index (κ1) is 24.2. The number of benzene rings is 2. The van der Waals surface area contributed by atoms with Gasteiger partial charge in [-0.25, -0.2) is 4.98 Å². The zero-order valence-electron chi connectivity index (χ0n) is 19.5. The summed E-state index contributed by atoms with van der Waals surface area (Å²) in [6.07, 6.45) is 1.56. The average Bonchev–Trinajstić information content (AvgIpc) is 2.87. The number of amides is 2. The maximum atomic E-state index is 12.9. The molecule has 182 valence electrons. The van der Waals surface area contributed by atoms with E-state index in [9.17, 15) is 9.59 Å². The predicted octanol–water partition coefficient (Wildman–Crippen LogP) is 3.87. The normalized spacial score (nSPS) is 12.1. The quantitative estimate of drug-likeness (QED) is 0.476. The lowest BCUT2D eigenvalue weighted by Gasteiger charge is -2.18. The van der Waals surface area contributed by atoms with Crippen molar-refractivity contribution in [3.05, 3.63) is 65.9 Å². The molecule has 35 heavy (non-hydrogen) atoms. The Bertz CT molecular complexity index is 1230. The van der Waals surface area contributed by atoms with Gasteiger partial charge in [0.25, 0.3) is 11.8 Å². The van der Waals surface area contributed by atoms with Crippen molar-refractivity contribution in [2.75, 3.05) is 20.3 Å². The van der Waals surface area contributed by atoms with Crippen molar-refractivity contribution in [1.82, 2.24) is 15.8 Å². The van der Waals surface area contributed by atoms with Crippen LogP contribution in [0.3, 0.4) is 0 Å². The second-order valence-electron chi connectivity index (χ2n) is 7.70. The van der Waals surface area contributed by atoms with Gasteiger partial charge < -0.3 is 18.9 Å². The molecule has 1 aromatic heterocycles. The van der Waals surface area contributed by atoms with Crippen LogP contribution in [0.5, 0.6) is 23.0 Å². The lowest BCUT2D eigenvalue weighted by atomic mass is 10.2. The van der Waals surface area contributed by atoms with Crippen LogP contribution < -0.4 is 29.8 Å². The summed E-state index contributed by atoms with van der Waals surface area (Å²) >= 11 is 1.31. The molecule has 2 aromatic carbocycles. The molecular formula is C25H25N3O6S. The number of carbonyl (C=O) groups is 2. The van der Waals surface area contributed by atoms with Crippen LogP contribution in [0.1, 0.15) is 34.6 Å². The van der Waals surface area contributed by atoms with Gasteiger partial charge in [-0.15, -0.1) is 0 Å². The third kappa shape index (κ3) is 5.96. The van der Waals surface area contributed by atoms with Crippen LogP contribution >= 0.6 is 11.8 Å². The molecule has 0 aliphatic carbocycles. The monoisotopic (exact) mass is 495 g/mol. The summed E-state index contributed by atoms with van der Waals surface area (Å²) in [6.45, 7) is 4.79. The number of fused-ring (bicyclic) bond motifs is 1. The van der Waals surface area contributed by atoms with Crippen molar-refractivity contribution in [3.63, 3.8) is 0 Å². The maximum absolute atomic E-state index is 12.9. The van der Waals surface area contributed by atoms with E-state index in [-0.39, 0.29) is 6.10 Å². The minimum atomic E-state index is -0.502. The van der Waals surface area contributed by atoms with Gasteiger partial charge in [0.05, 0.1) is 18.8 Å². The lowest BCUT2D eigenvalue weighted by Crippen LogP contribution is -2.41. The van der Waals surface area contributed by atoms with E-state index in [0.717, 1.165) is 4.90 Å². The number of pyridine rings is 1. The van der Waals surface area contributed by atoms with Gasteiger partial charge in [0.1, 0.15) is 18.2 Å². The molecule has 1 aliphatic heterocycles. The molecule has 9 nitrogen and oxygen atoms in total. The molecular weight excluding hydrogens is 470 g/mol. The Morgan fingerprint density at radius 2 is 1.74 bits per heavy atom. The van der Waals surface area contributed by atoms with E-state index in [1.165, 1.54) is 18.9 Å². The van der Waals surface area contributed by atoms with E-state index in [4.69, 9.17) is 18.9 Å². The van der Waals surface area contributed by atoms with Gasteiger partial charge in [0, 0.05) is 16.7 Å². The second-order valence-corrected chi connectivity index (χ2v) is 8.77. The largest absolute Gasteiger partial charge is 0.493 e. The minimum absolute atomic E-state index is 0.0448. The van der Waals surface area contributed by atoms with Gasteiger partial charge in [0.2, 0.25) is 0 Å². The zero-order chi connectivity index (χ0) is 24.8. The highest BCUT2D eigenvalue weighted by Crippen LogP contribution is 2.37. The van der Waals surface area contributed by atoms with Crippen LogP contribution in [0.4, 0.5) is 0 Å². The highest BCUT2D eigenvalue weighted by atomic mass is 32.2. The fourth-order valence-electron chi connectivity index (χ4n) is 3.26. The summed E-state index contributed by atoms with van der Waals surface area (Å²) < 4.78 is 22.2. The molecule has 0 bridgehead atoms. The number of hydrogen-bond donors (Lipinski definition) is 2. The van der Waals surface area contributed by atoms with Crippen LogP contribution in [0, 0.1) is 0 Å². The van der Waals surface area contributed by atoms with Crippen molar-refractivity contribution in [2.45, 2.75) is 29.9 Å². The van der Waals surface area contributed by atoms with Crippen molar-refractivity contribution in [1.29, 1.82) is 0 Å². The molecule has 0 saturated carbocycles. The Kier molecular flexibility index (Phi) is 7.61. The molecule has 0 spiro atoms. The van der Waals surface area contributed by atoms with Crippen LogP contribution in [-0.2, 0) is 0 Å². The lowest BCUT2D eigenvalue weighted by molar-refractivity contribution is 0.0844. The Balaban J connectivity index is 1.43. The first-order valence-corrected chi connectivity index (χ1v) is 11.7. The Morgan fingerprint density at radius 3 is 2.51 bits per heavy atom. The zero-order valence-corrected chi connectivity index (χ0v) is 20.3. The van der Waals surface area contributed by atoms with Gasteiger partial charge in [-0.1, -0.05) is 11.8 Å². The van der Waals surface area contributed by atoms with E-state index in [2.05, 4.69) is 15.8 Å². The van der Waals surface area contributed by atoms with Crippen LogP contribution in [0.2, 0.25) is 0 Å². The Labute approximate surface area is 207 Å². The first-order chi connectivity index (χ1) is 16.9. The topological polar surface area (TPSA) is 108 Å². The summed E-state index contributed by atoms with van der Waals surface area (Å²) in [7, 11) is 1.50. The van der Waals surface area contributed by atoms with Crippen molar-refractivity contribution < 1.29 is 28.5 Å². The number of nitrogens with one attached hydrogen (secondary N) is 2. The molecule has 2 N–H and O–H groups in total. The summed E-state index contributed by atoms with van der Waals surface area (Å²) in [5, 5.41) is 0.479. The summed E-state index contributed by atoms with van der Waals surface area (Å²) in [5.74, 6) is 1.27. The standard InChI is InChI=1S/C25H25N3O6S/c1-15(2)34-20-8-6-16(13-21(20)31-3)23(29)27-28-24(30)18-5-4-10-26-25(18)35-17-7-9-19-22(14-17)33-12-11-32-19/h4-10,13-15H,11-12H2,1-3H3,(H,27,29)(H,28,30). The Morgan fingerprint density at radius 1 is 0.971 bits per heavy atom. The van der Waals surface area contributed by atoms with Crippen molar-refractivity contribution in [2.24, 2.45) is 0 Å². The number of ether oxygens (including phenoxy) is 4. The number of hydrogen-bond acceptors (Lipinski definition) is 8. The SMILES string of the molecule is COc1cc(C(=O)NNC(=O)c2cccnc2Sc2ccc3c(c2)OCCO3)ccc1OC(C)C. The first-order valence-electron chi connectivity index (χ1n) is 10.9. The molecule has 2 amide bonds. The van der Waals surface area contributed by atoms with Gasteiger partial charge >= 0.3 is 0 Å². The van der Waals surface area contributed by atoms with Gasteiger partial charge in [-0.05, 0) is 62.4 Å². The number of rotatable bonds is 7. The second kappa shape index (κ2) is 11.0. The fourth-order valence-corrected chi connectivity index (χ4v) is 4.17. The number of aromatic nitrogens is 1. The molecule has 3 aromatic rings. The smallest absolute Gasteiger partial charge is 0.272 e. The van der Waals surface area contributed by atoms with E-state index >= 15 is 0 Å². The number of carbonyl (C=O) groups excluding carboxylic acids is 2. The van der Waals surface area contributed by atoms with Gasteiger partial charge in [0.15, 0.2) is 23.0 Å². The van der Waals surface area contributed by atoms with E-state index in [1.54, 1.807) is 36.5 Å². The fraction of sp³-hybridized carbons (Fsp3) is 0.240. The number of hydrazine groups is 1. The molecule has 4 rings (SSSR count). The van der Waals surface area contributed by atoms with Crippen LogP contribution in [-0.4, -0.2) is 43.2 Å². The van der Waals surface area contributed by atoms with Crippen molar-refractivity contribution in [3.8, 4) is 23.0 Å².